The second kappa shape index (κ2) is 8.80. The molecule has 0 saturated heterocycles. The van der Waals surface area contributed by atoms with E-state index in [1.54, 1.807) is 23.9 Å². The Hall–Kier alpha value is -2.72. The van der Waals surface area contributed by atoms with Crippen molar-refractivity contribution in [1.82, 2.24) is 9.97 Å². The number of rotatable bonds is 5. The molecule has 1 heterocycles. The third kappa shape index (κ3) is 4.96. The van der Waals surface area contributed by atoms with Crippen molar-refractivity contribution >= 4 is 22.7 Å². The number of hydrogen-bond donors (Lipinski definition) is 0. The Morgan fingerprint density at radius 3 is 2.16 bits per heavy atom. The van der Waals surface area contributed by atoms with Gasteiger partial charge in [-0.05, 0) is 64.9 Å². The number of nitrogens with zero attached hydrogens (tertiary/aromatic N) is 2. The largest absolute Gasteiger partial charge is 0.228 e. The zero-order chi connectivity index (χ0) is 22.0. The molecule has 0 spiro atoms. The molecule has 0 bridgehead atoms. The summed E-state index contributed by atoms with van der Waals surface area (Å²) in [5.41, 5.74) is 5.74. The molecule has 3 aromatic carbocycles. The van der Waals surface area contributed by atoms with Crippen molar-refractivity contribution in [2.45, 2.75) is 50.3 Å². The fourth-order valence-corrected chi connectivity index (χ4v) is 4.42. The maximum absolute atomic E-state index is 13.4. The van der Waals surface area contributed by atoms with Crippen LogP contribution in [-0.4, -0.2) is 9.97 Å². The molecule has 0 atom stereocenters. The summed E-state index contributed by atoms with van der Waals surface area (Å²) in [4.78, 5) is 9.64. The van der Waals surface area contributed by atoms with Gasteiger partial charge in [0.1, 0.15) is 10.8 Å². The lowest BCUT2D eigenvalue weighted by Gasteiger charge is -2.19. The van der Waals surface area contributed by atoms with Gasteiger partial charge in [0.2, 0.25) is 0 Å². The first kappa shape index (κ1) is 21.5. The molecule has 0 unspecified atom stereocenters. The minimum atomic E-state index is -0.259. The molecule has 2 nitrogen and oxygen atoms in total. The van der Waals surface area contributed by atoms with E-state index in [2.05, 4.69) is 70.2 Å². The van der Waals surface area contributed by atoms with Crippen molar-refractivity contribution < 1.29 is 4.39 Å². The predicted octanol–water partition coefficient (Wildman–Crippen LogP) is 7.59. The molecule has 1 aromatic heterocycles. The molecular weight excluding hydrogens is 403 g/mol. The van der Waals surface area contributed by atoms with E-state index in [-0.39, 0.29) is 11.2 Å². The van der Waals surface area contributed by atoms with Gasteiger partial charge in [0.25, 0.3) is 0 Å². The fourth-order valence-electron chi connectivity index (χ4n) is 3.46. The Balaban J connectivity index is 1.69. The van der Waals surface area contributed by atoms with Gasteiger partial charge in [0, 0.05) is 16.7 Å². The van der Waals surface area contributed by atoms with E-state index < -0.39 is 0 Å². The van der Waals surface area contributed by atoms with Gasteiger partial charge in [-0.15, -0.1) is 11.8 Å². The highest BCUT2D eigenvalue weighted by Crippen LogP contribution is 2.32. The van der Waals surface area contributed by atoms with Gasteiger partial charge >= 0.3 is 0 Å². The molecule has 0 aliphatic heterocycles. The second-order valence-electron chi connectivity index (χ2n) is 8.80. The molecule has 4 heteroatoms. The van der Waals surface area contributed by atoms with Crippen LogP contribution in [0.1, 0.15) is 44.4 Å². The van der Waals surface area contributed by atoms with Crippen LogP contribution in [0.25, 0.3) is 22.3 Å². The third-order valence-electron chi connectivity index (χ3n) is 5.43. The lowest BCUT2D eigenvalue weighted by atomic mass is 9.87. The zero-order valence-corrected chi connectivity index (χ0v) is 19.3. The van der Waals surface area contributed by atoms with Crippen LogP contribution in [0.4, 0.5) is 4.39 Å². The van der Waals surface area contributed by atoms with Crippen LogP contribution in [0.2, 0.25) is 0 Å². The Kier molecular flexibility index (Phi) is 6.10. The van der Waals surface area contributed by atoms with Crippen LogP contribution >= 0.6 is 11.8 Å². The van der Waals surface area contributed by atoms with Gasteiger partial charge in [0.15, 0.2) is 5.82 Å². The summed E-state index contributed by atoms with van der Waals surface area (Å²) in [5, 5.41) is 2.03. The molecular formula is C27H27FN2S. The molecule has 0 saturated carbocycles. The SMILES string of the molecule is CCc1ccc2nc(-c3ccc(F)cc3)nc(SCc3ccc(C(C)(C)C)cc3)c2c1. The topological polar surface area (TPSA) is 25.8 Å². The van der Waals surface area contributed by atoms with Crippen LogP contribution in [0.3, 0.4) is 0 Å². The standard InChI is InChI=1S/C27H27FN2S/c1-5-18-8-15-24-23(16-18)26(30-25(29-24)20-9-13-22(28)14-10-20)31-17-19-6-11-21(12-7-19)27(2,3)4/h6-16H,5,17H2,1-4H3. The molecule has 0 amide bonds. The normalized spacial score (nSPS) is 11.8. The Labute approximate surface area is 188 Å². The summed E-state index contributed by atoms with van der Waals surface area (Å²) in [6, 6.07) is 21.6. The Morgan fingerprint density at radius 1 is 0.839 bits per heavy atom. The average Bonchev–Trinajstić information content (AvgIpc) is 2.77. The van der Waals surface area contributed by atoms with Gasteiger partial charge in [-0.1, -0.05) is 58.0 Å². The highest BCUT2D eigenvalue weighted by atomic mass is 32.2. The Morgan fingerprint density at radius 2 is 1.52 bits per heavy atom. The number of aryl methyl sites for hydroxylation is 1. The van der Waals surface area contributed by atoms with Crippen molar-refractivity contribution in [2.24, 2.45) is 0 Å². The lowest BCUT2D eigenvalue weighted by Crippen LogP contribution is -2.10. The average molecular weight is 431 g/mol. The van der Waals surface area contributed by atoms with E-state index >= 15 is 0 Å². The first-order valence-corrected chi connectivity index (χ1v) is 11.6. The first-order valence-electron chi connectivity index (χ1n) is 10.6. The number of aromatic nitrogens is 2. The minimum absolute atomic E-state index is 0.148. The van der Waals surface area contributed by atoms with Crippen molar-refractivity contribution in [3.63, 3.8) is 0 Å². The van der Waals surface area contributed by atoms with Crippen LogP contribution in [0, 0.1) is 5.82 Å². The lowest BCUT2D eigenvalue weighted by molar-refractivity contribution is 0.590. The van der Waals surface area contributed by atoms with Gasteiger partial charge in [-0.25, -0.2) is 14.4 Å². The maximum atomic E-state index is 13.4. The third-order valence-corrected chi connectivity index (χ3v) is 6.49. The van der Waals surface area contributed by atoms with Crippen LogP contribution < -0.4 is 0 Å². The second-order valence-corrected chi connectivity index (χ2v) is 9.76. The first-order chi connectivity index (χ1) is 14.8. The summed E-state index contributed by atoms with van der Waals surface area (Å²) in [5.74, 6) is 1.20. The molecule has 4 aromatic rings. The van der Waals surface area contributed by atoms with Gasteiger partial charge < -0.3 is 0 Å². The summed E-state index contributed by atoms with van der Waals surface area (Å²) in [6.45, 7) is 8.84. The van der Waals surface area contributed by atoms with Crippen molar-refractivity contribution in [3.8, 4) is 11.4 Å². The number of fused-ring (bicyclic) bond motifs is 1. The number of hydrogen-bond acceptors (Lipinski definition) is 3. The van der Waals surface area contributed by atoms with Crippen LogP contribution in [0.15, 0.2) is 71.8 Å². The molecule has 31 heavy (non-hydrogen) atoms. The van der Waals surface area contributed by atoms with Crippen LogP contribution in [0.5, 0.6) is 0 Å². The zero-order valence-electron chi connectivity index (χ0n) is 18.4. The van der Waals surface area contributed by atoms with Crippen molar-refractivity contribution in [1.29, 1.82) is 0 Å². The fraction of sp³-hybridized carbons (Fsp3) is 0.259. The van der Waals surface area contributed by atoms with E-state index in [0.717, 1.165) is 33.7 Å². The van der Waals surface area contributed by atoms with E-state index in [4.69, 9.17) is 9.97 Å². The van der Waals surface area contributed by atoms with Crippen molar-refractivity contribution in [2.75, 3.05) is 0 Å². The highest BCUT2D eigenvalue weighted by molar-refractivity contribution is 7.98. The molecule has 0 radical (unpaired) electrons. The van der Waals surface area contributed by atoms with E-state index in [1.807, 2.05) is 0 Å². The molecule has 0 N–H and O–H groups in total. The molecule has 158 valence electrons. The van der Waals surface area contributed by atoms with E-state index in [0.29, 0.717) is 5.82 Å². The minimum Gasteiger partial charge on any atom is -0.228 e. The highest BCUT2D eigenvalue weighted by Gasteiger charge is 2.14. The summed E-state index contributed by atoms with van der Waals surface area (Å²) >= 11 is 1.72. The molecule has 0 aliphatic carbocycles. The van der Waals surface area contributed by atoms with Crippen molar-refractivity contribution in [3.05, 3.63) is 89.2 Å². The van der Waals surface area contributed by atoms with Gasteiger partial charge in [-0.3, -0.25) is 0 Å². The van der Waals surface area contributed by atoms with E-state index in [9.17, 15) is 4.39 Å². The smallest absolute Gasteiger partial charge is 0.161 e. The number of thioether (sulfide) groups is 1. The summed E-state index contributed by atoms with van der Waals surface area (Å²) in [6.07, 6.45) is 0.966. The van der Waals surface area contributed by atoms with Gasteiger partial charge in [0.05, 0.1) is 5.52 Å². The summed E-state index contributed by atoms with van der Waals surface area (Å²) < 4.78 is 13.4. The number of halogens is 1. The molecule has 4 rings (SSSR count). The quantitative estimate of drug-likeness (QED) is 0.241. The van der Waals surface area contributed by atoms with E-state index in [1.165, 1.54) is 28.8 Å². The maximum Gasteiger partial charge on any atom is 0.161 e. The molecule has 0 fully saturated rings. The van der Waals surface area contributed by atoms with Gasteiger partial charge in [-0.2, -0.15) is 0 Å². The number of benzene rings is 3. The monoisotopic (exact) mass is 430 g/mol. The summed E-state index contributed by atoms with van der Waals surface area (Å²) in [7, 11) is 0. The Bertz CT molecular complexity index is 1190. The molecule has 0 aliphatic rings. The predicted molar refractivity (Wildman–Crippen MR) is 129 cm³/mol. The van der Waals surface area contributed by atoms with Crippen LogP contribution in [-0.2, 0) is 17.6 Å².